The number of aromatic nitrogens is 1. The molecule has 0 aliphatic rings. The minimum Gasteiger partial charge on any atom is -0.250 e. The van der Waals surface area contributed by atoms with Crippen LogP contribution in [0.25, 0.3) is 0 Å². The molecule has 0 N–H and O–H groups in total. The molecule has 1 rings (SSSR count). The third-order valence-corrected chi connectivity index (χ3v) is 2.81. The van der Waals surface area contributed by atoms with Crippen LogP contribution in [0.2, 0.25) is 0 Å². The summed E-state index contributed by atoms with van der Waals surface area (Å²) < 4.78 is 0.552. The van der Waals surface area contributed by atoms with E-state index in [1.54, 1.807) is 11.8 Å². The van der Waals surface area contributed by atoms with Gasteiger partial charge in [0, 0.05) is 10.1 Å². The second-order valence-electron chi connectivity index (χ2n) is 2.25. The molecule has 1 aromatic rings. The predicted octanol–water partition coefficient (Wildman–Crippen LogP) is 3.30. The molecule has 0 spiro atoms. The third-order valence-electron chi connectivity index (χ3n) is 1.43. The van der Waals surface area contributed by atoms with E-state index in [4.69, 9.17) is 0 Å². The average molecular weight is 279 g/mol. The number of thioether (sulfide) groups is 1. The van der Waals surface area contributed by atoms with Gasteiger partial charge in [0.1, 0.15) is 0 Å². The number of hydrogen-bond donors (Lipinski definition) is 0. The van der Waals surface area contributed by atoms with Gasteiger partial charge in [-0.1, -0.05) is 28.7 Å². The van der Waals surface area contributed by atoms with E-state index in [2.05, 4.69) is 46.6 Å². The van der Waals surface area contributed by atoms with E-state index in [-0.39, 0.29) is 0 Å². The molecule has 0 radical (unpaired) electrons. The minimum atomic E-state index is 0.552. The molecule has 0 unspecified atom stereocenters. The van der Waals surface area contributed by atoms with Crippen molar-refractivity contribution in [3.05, 3.63) is 23.9 Å². The topological polar surface area (TPSA) is 12.9 Å². The van der Waals surface area contributed by atoms with Crippen molar-refractivity contribution in [1.82, 2.24) is 4.98 Å². The van der Waals surface area contributed by atoms with E-state index in [0.717, 1.165) is 5.03 Å². The van der Waals surface area contributed by atoms with Crippen molar-refractivity contribution >= 4 is 34.4 Å². The van der Waals surface area contributed by atoms with Crippen LogP contribution >= 0.6 is 34.4 Å². The van der Waals surface area contributed by atoms with Gasteiger partial charge >= 0.3 is 0 Å². The van der Waals surface area contributed by atoms with E-state index in [1.807, 2.05) is 12.5 Å². The van der Waals surface area contributed by atoms with Crippen LogP contribution in [0, 0.1) is 0 Å². The number of alkyl halides is 1. The van der Waals surface area contributed by atoms with Crippen molar-refractivity contribution in [3.8, 4) is 0 Å². The number of halogens is 1. The van der Waals surface area contributed by atoms with Crippen molar-refractivity contribution in [2.45, 2.75) is 15.9 Å². The fraction of sp³-hybridized carbons (Fsp3) is 0.375. The molecule has 1 nitrogen and oxygen atoms in total. The molecule has 60 valence electrons. The Morgan fingerprint density at radius 2 is 2.27 bits per heavy atom. The molecule has 0 aromatic carbocycles. The van der Waals surface area contributed by atoms with Crippen LogP contribution < -0.4 is 0 Å². The third kappa shape index (κ3) is 2.63. The van der Waals surface area contributed by atoms with Crippen molar-refractivity contribution < 1.29 is 0 Å². The van der Waals surface area contributed by atoms with Gasteiger partial charge in [0.2, 0.25) is 0 Å². The van der Waals surface area contributed by atoms with Crippen LogP contribution in [0.5, 0.6) is 0 Å². The summed E-state index contributed by atoms with van der Waals surface area (Å²) in [6.07, 6.45) is 3.98. The molecule has 1 atom stereocenters. The van der Waals surface area contributed by atoms with Crippen LogP contribution in [-0.2, 0) is 0 Å². The maximum absolute atomic E-state index is 4.28. The fourth-order valence-corrected chi connectivity index (χ4v) is 1.48. The lowest BCUT2D eigenvalue weighted by Crippen LogP contribution is -1.85. The molecule has 0 saturated heterocycles. The largest absolute Gasteiger partial charge is 0.250 e. The number of pyridine rings is 1. The maximum atomic E-state index is 4.28. The fourth-order valence-electron chi connectivity index (χ4n) is 0.748. The molecule has 0 bridgehead atoms. The van der Waals surface area contributed by atoms with Crippen LogP contribution in [0.4, 0.5) is 0 Å². The Labute approximate surface area is 85.1 Å². The molecule has 0 aliphatic heterocycles. The van der Waals surface area contributed by atoms with Crippen molar-refractivity contribution in [2.75, 3.05) is 6.26 Å². The normalized spacial score (nSPS) is 13.0. The zero-order valence-electron chi connectivity index (χ0n) is 6.54. The number of nitrogens with zero attached hydrogens (tertiary/aromatic N) is 1. The quantitative estimate of drug-likeness (QED) is 0.468. The zero-order chi connectivity index (χ0) is 8.27. The van der Waals surface area contributed by atoms with Gasteiger partial charge in [-0.3, -0.25) is 0 Å². The Hall–Kier alpha value is 0.230. The summed E-state index contributed by atoms with van der Waals surface area (Å²) in [7, 11) is 0. The molecule has 1 aromatic heterocycles. The first-order valence-corrected chi connectivity index (χ1v) is 5.85. The molecule has 0 fully saturated rings. The van der Waals surface area contributed by atoms with Gasteiger partial charge in [0.05, 0.1) is 5.03 Å². The molecule has 1 heterocycles. The van der Waals surface area contributed by atoms with Crippen molar-refractivity contribution in [1.29, 1.82) is 0 Å². The summed E-state index contributed by atoms with van der Waals surface area (Å²) in [5.74, 6) is 0. The van der Waals surface area contributed by atoms with Crippen LogP contribution in [0.3, 0.4) is 0 Å². The minimum absolute atomic E-state index is 0.552. The maximum Gasteiger partial charge on any atom is 0.0957 e. The monoisotopic (exact) mass is 279 g/mol. The molecule has 0 saturated carbocycles. The lowest BCUT2D eigenvalue weighted by Gasteiger charge is -2.02. The summed E-state index contributed by atoms with van der Waals surface area (Å²) in [5.41, 5.74) is 1.29. The average Bonchev–Trinajstić information content (AvgIpc) is 2.05. The second-order valence-corrected chi connectivity index (χ2v) is 4.94. The highest BCUT2D eigenvalue weighted by molar-refractivity contribution is 14.1. The highest BCUT2D eigenvalue weighted by Gasteiger charge is 1.99. The van der Waals surface area contributed by atoms with E-state index in [1.165, 1.54) is 5.56 Å². The van der Waals surface area contributed by atoms with E-state index in [9.17, 15) is 0 Å². The van der Waals surface area contributed by atoms with Gasteiger partial charge < -0.3 is 0 Å². The molecular formula is C8H10INS. The van der Waals surface area contributed by atoms with Gasteiger partial charge in [0.25, 0.3) is 0 Å². The Kier molecular flexibility index (Phi) is 3.65. The van der Waals surface area contributed by atoms with Gasteiger partial charge in [-0.05, 0) is 24.8 Å². The van der Waals surface area contributed by atoms with E-state index in [0.29, 0.717) is 3.92 Å². The first-order chi connectivity index (χ1) is 5.24. The van der Waals surface area contributed by atoms with Crippen LogP contribution in [-0.4, -0.2) is 11.2 Å². The first kappa shape index (κ1) is 9.32. The first-order valence-electron chi connectivity index (χ1n) is 3.38. The Bertz CT molecular complexity index is 220. The molecule has 0 amide bonds. The van der Waals surface area contributed by atoms with Gasteiger partial charge in [-0.15, -0.1) is 11.8 Å². The lowest BCUT2D eigenvalue weighted by atomic mass is 10.2. The second kappa shape index (κ2) is 4.30. The smallest absolute Gasteiger partial charge is 0.0957 e. The molecular weight excluding hydrogens is 269 g/mol. The lowest BCUT2D eigenvalue weighted by molar-refractivity contribution is 1.05. The van der Waals surface area contributed by atoms with Crippen molar-refractivity contribution in [3.63, 3.8) is 0 Å². The standard InChI is InChI=1S/C8H10INS/c1-6(9)7-3-4-8(11-2)10-5-7/h3-6H,1-2H3/t6-/m0/s1. The summed E-state index contributed by atoms with van der Waals surface area (Å²) >= 11 is 4.06. The van der Waals surface area contributed by atoms with Crippen molar-refractivity contribution in [2.24, 2.45) is 0 Å². The zero-order valence-corrected chi connectivity index (χ0v) is 9.52. The summed E-state index contributed by atoms with van der Waals surface area (Å²) in [4.78, 5) is 4.28. The van der Waals surface area contributed by atoms with Crippen LogP contribution in [0.1, 0.15) is 16.4 Å². The van der Waals surface area contributed by atoms with Gasteiger partial charge in [0.15, 0.2) is 0 Å². The Morgan fingerprint density at radius 3 is 2.64 bits per heavy atom. The Balaban J connectivity index is 2.83. The van der Waals surface area contributed by atoms with Gasteiger partial charge in [-0.2, -0.15) is 0 Å². The summed E-state index contributed by atoms with van der Waals surface area (Å²) in [6, 6.07) is 4.20. The molecule has 11 heavy (non-hydrogen) atoms. The highest BCUT2D eigenvalue weighted by Crippen LogP contribution is 2.22. The SMILES string of the molecule is CSc1ccc([C@H](C)I)cn1. The van der Waals surface area contributed by atoms with E-state index >= 15 is 0 Å². The van der Waals surface area contributed by atoms with Gasteiger partial charge in [-0.25, -0.2) is 4.98 Å². The summed E-state index contributed by atoms with van der Waals surface area (Å²) in [6.45, 7) is 2.16. The predicted molar refractivity (Wildman–Crippen MR) is 58.5 cm³/mol. The highest BCUT2D eigenvalue weighted by atomic mass is 127. The van der Waals surface area contributed by atoms with E-state index < -0.39 is 0 Å². The van der Waals surface area contributed by atoms with Crippen LogP contribution in [0.15, 0.2) is 23.4 Å². The number of rotatable bonds is 2. The summed E-state index contributed by atoms with van der Waals surface area (Å²) in [5, 5.41) is 1.09. The molecule has 3 heteroatoms. The number of hydrogen-bond acceptors (Lipinski definition) is 2. The Morgan fingerprint density at radius 1 is 1.55 bits per heavy atom. The molecule has 0 aliphatic carbocycles.